The highest BCUT2D eigenvalue weighted by Crippen LogP contribution is 2.44. The predicted octanol–water partition coefficient (Wildman–Crippen LogP) is 3.59. The van der Waals surface area contributed by atoms with Crippen LogP contribution in [0.2, 0.25) is 0 Å². The molecule has 2 unspecified atom stereocenters. The minimum atomic E-state index is -0.460. The van der Waals surface area contributed by atoms with Gasteiger partial charge in [-0.3, -0.25) is 4.79 Å². The number of benzene rings is 1. The molecule has 2 rings (SSSR count). The maximum Gasteiger partial charge on any atom is 0.211 e. The van der Waals surface area contributed by atoms with Gasteiger partial charge in [0, 0.05) is 16.9 Å². The summed E-state index contributed by atoms with van der Waals surface area (Å²) in [6.45, 7) is 6.56. The number of amides is 1. The van der Waals surface area contributed by atoms with Crippen molar-refractivity contribution in [1.29, 1.82) is 0 Å². The molecule has 0 radical (unpaired) electrons. The van der Waals surface area contributed by atoms with Crippen LogP contribution in [0.4, 0.5) is 10.1 Å². The van der Waals surface area contributed by atoms with Crippen molar-refractivity contribution in [2.24, 2.45) is 17.3 Å². The normalized spacial score (nSPS) is 23.8. The van der Waals surface area contributed by atoms with Gasteiger partial charge in [0.05, 0.1) is 5.69 Å². The first kappa shape index (κ1) is 14.3. The van der Waals surface area contributed by atoms with E-state index in [1.165, 1.54) is 6.07 Å². The van der Waals surface area contributed by atoms with Crippen LogP contribution in [0.3, 0.4) is 0 Å². The van der Waals surface area contributed by atoms with E-state index < -0.39 is 5.82 Å². The van der Waals surface area contributed by atoms with Gasteiger partial charge in [-0.1, -0.05) is 44.8 Å². The van der Waals surface area contributed by atoms with Crippen molar-refractivity contribution in [1.82, 2.24) is 0 Å². The Bertz CT molecular complexity index is 609. The highest BCUT2D eigenvalue weighted by Gasteiger charge is 2.38. The Morgan fingerprint density at radius 3 is 2.75 bits per heavy atom. The summed E-state index contributed by atoms with van der Waals surface area (Å²) in [5.74, 6) is 6.56. The maximum atomic E-state index is 13.4. The number of carbonyl (C=O) groups is 1. The van der Waals surface area contributed by atoms with Crippen LogP contribution in [0, 0.1) is 34.9 Å². The number of allylic oxidation sites excluding steroid dienone is 2. The van der Waals surface area contributed by atoms with Gasteiger partial charge in [0.2, 0.25) is 6.41 Å². The standard InChI is InChI=1S/C17H18FNO/c1-12(2)17(3)9-8-14(17)6-4-13-5-7-15(18)16(10-13)19-11-20/h5,7-12,14H,1-3H3,(H,19,20). The van der Waals surface area contributed by atoms with Crippen molar-refractivity contribution < 1.29 is 9.18 Å². The van der Waals surface area contributed by atoms with Crippen molar-refractivity contribution in [3.8, 4) is 11.8 Å². The predicted molar refractivity (Wildman–Crippen MR) is 78.5 cm³/mol. The second-order valence-electron chi connectivity index (χ2n) is 5.58. The van der Waals surface area contributed by atoms with E-state index in [-0.39, 0.29) is 17.0 Å². The molecule has 104 valence electrons. The summed E-state index contributed by atoms with van der Waals surface area (Å²) < 4.78 is 13.4. The minimum absolute atomic E-state index is 0.108. The molecule has 0 spiro atoms. The molecule has 2 atom stereocenters. The van der Waals surface area contributed by atoms with Gasteiger partial charge in [0.15, 0.2) is 0 Å². The summed E-state index contributed by atoms with van der Waals surface area (Å²) >= 11 is 0. The Morgan fingerprint density at radius 2 is 2.20 bits per heavy atom. The SMILES string of the molecule is CC(C)C1(C)C=CC1C#Cc1ccc(F)c(NC=O)c1. The monoisotopic (exact) mass is 271 g/mol. The highest BCUT2D eigenvalue weighted by molar-refractivity contribution is 5.72. The summed E-state index contributed by atoms with van der Waals surface area (Å²) in [5, 5.41) is 2.33. The molecule has 0 heterocycles. The number of nitrogens with one attached hydrogen (secondary N) is 1. The van der Waals surface area contributed by atoms with Crippen molar-refractivity contribution in [3.05, 3.63) is 41.7 Å². The van der Waals surface area contributed by atoms with Gasteiger partial charge < -0.3 is 5.32 Å². The molecule has 0 saturated carbocycles. The molecule has 20 heavy (non-hydrogen) atoms. The van der Waals surface area contributed by atoms with Gasteiger partial charge >= 0.3 is 0 Å². The Labute approximate surface area is 119 Å². The first-order chi connectivity index (χ1) is 9.47. The molecule has 0 fully saturated rings. The van der Waals surface area contributed by atoms with Crippen LogP contribution in [0.1, 0.15) is 26.3 Å². The second kappa shape index (κ2) is 5.50. The second-order valence-corrected chi connectivity index (χ2v) is 5.58. The molecule has 0 aromatic heterocycles. The van der Waals surface area contributed by atoms with E-state index in [1.807, 2.05) is 0 Å². The zero-order valence-corrected chi connectivity index (χ0v) is 11.9. The quantitative estimate of drug-likeness (QED) is 0.508. The van der Waals surface area contributed by atoms with Gasteiger partial charge in [0.1, 0.15) is 5.82 Å². The van der Waals surface area contributed by atoms with Gasteiger partial charge in [-0.15, -0.1) is 0 Å². The Morgan fingerprint density at radius 1 is 1.45 bits per heavy atom. The molecule has 0 bridgehead atoms. The largest absolute Gasteiger partial charge is 0.326 e. The Balaban J connectivity index is 2.20. The third kappa shape index (κ3) is 2.60. The molecule has 3 heteroatoms. The fraction of sp³-hybridized carbons (Fsp3) is 0.353. The van der Waals surface area contributed by atoms with Crippen molar-refractivity contribution in [2.45, 2.75) is 20.8 Å². The average Bonchev–Trinajstić information content (AvgIpc) is 2.40. The van der Waals surface area contributed by atoms with Gasteiger partial charge in [0.25, 0.3) is 0 Å². The summed E-state index contributed by atoms with van der Waals surface area (Å²) in [5.41, 5.74) is 0.960. The van der Waals surface area contributed by atoms with Crippen molar-refractivity contribution >= 4 is 12.1 Å². The fourth-order valence-corrected chi connectivity index (χ4v) is 2.19. The molecule has 2 nitrogen and oxygen atoms in total. The van der Waals surface area contributed by atoms with E-state index in [0.717, 1.165) is 0 Å². The number of anilines is 1. The lowest BCUT2D eigenvalue weighted by molar-refractivity contribution is -0.105. The van der Waals surface area contributed by atoms with E-state index in [9.17, 15) is 9.18 Å². The zero-order chi connectivity index (χ0) is 14.8. The number of carbonyl (C=O) groups excluding carboxylic acids is 1. The van der Waals surface area contributed by atoms with Crippen LogP contribution in [0.15, 0.2) is 30.4 Å². The molecule has 1 aromatic rings. The molecule has 0 aliphatic heterocycles. The van der Waals surface area contributed by atoms with Crippen LogP contribution < -0.4 is 5.32 Å². The van der Waals surface area contributed by atoms with Crippen LogP contribution in [-0.4, -0.2) is 6.41 Å². The molecule has 1 amide bonds. The lowest BCUT2D eigenvalue weighted by atomic mass is 9.62. The number of rotatable bonds is 3. The van der Waals surface area contributed by atoms with Gasteiger partial charge in [-0.2, -0.15) is 0 Å². The molecular formula is C17H18FNO. The maximum absolute atomic E-state index is 13.4. The summed E-state index contributed by atoms with van der Waals surface area (Å²) in [6, 6.07) is 4.48. The van der Waals surface area contributed by atoms with Gasteiger partial charge in [-0.05, 0) is 24.1 Å². The molecule has 1 N–H and O–H groups in total. The van der Waals surface area contributed by atoms with Crippen LogP contribution in [0.25, 0.3) is 0 Å². The number of hydrogen-bond acceptors (Lipinski definition) is 1. The molecular weight excluding hydrogens is 253 g/mol. The van der Waals surface area contributed by atoms with Crippen LogP contribution in [-0.2, 0) is 4.79 Å². The zero-order valence-electron chi connectivity index (χ0n) is 11.9. The highest BCUT2D eigenvalue weighted by atomic mass is 19.1. The smallest absolute Gasteiger partial charge is 0.211 e. The van der Waals surface area contributed by atoms with E-state index >= 15 is 0 Å². The fourth-order valence-electron chi connectivity index (χ4n) is 2.19. The Hall–Kier alpha value is -2.08. The van der Waals surface area contributed by atoms with Crippen LogP contribution in [0.5, 0.6) is 0 Å². The van der Waals surface area contributed by atoms with Crippen molar-refractivity contribution in [2.75, 3.05) is 5.32 Å². The number of hydrogen-bond donors (Lipinski definition) is 1. The molecule has 1 aliphatic rings. The summed E-state index contributed by atoms with van der Waals surface area (Å²) in [4.78, 5) is 10.4. The van der Waals surface area contributed by atoms with Crippen molar-refractivity contribution in [3.63, 3.8) is 0 Å². The third-order valence-corrected chi connectivity index (χ3v) is 4.11. The third-order valence-electron chi connectivity index (χ3n) is 4.11. The topological polar surface area (TPSA) is 29.1 Å². The first-order valence-electron chi connectivity index (χ1n) is 6.68. The van der Waals surface area contributed by atoms with Crippen LogP contribution >= 0.6 is 0 Å². The van der Waals surface area contributed by atoms with E-state index in [2.05, 4.69) is 50.1 Å². The molecule has 1 aromatic carbocycles. The first-order valence-corrected chi connectivity index (χ1v) is 6.68. The molecule has 0 saturated heterocycles. The lowest BCUT2D eigenvalue weighted by Gasteiger charge is -2.41. The average molecular weight is 271 g/mol. The van der Waals surface area contributed by atoms with E-state index in [0.29, 0.717) is 17.9 Å². The molecule has 1 aliphatic carbocycles. The lowest BCUT2D eigenvalue weighted by Crippen LogP contribution is -2.35. The summed E-state index contributed by atoms with van der Waals surface area (Å²) in [6.07, 6.45) is 4.75. The minimum Gasteiger partial charge on any atom is -0.326 e. The Kier molecular flexibility index (Phi) is 3.94. The van der Waals surface area contributed by atoms with E-state index in [1.54, 1.807) is 12.1 Å². The number of halogens is 1. The van der Waals surface area contributed by atoms with Gasteiger partial charge in [-0.25, -0.2) is 4.39 Å². The summed E-state index contributed by atoms with van der Waals surface area (Å²) in [7, 11) is 0. The van der Waals surface area contributed by atoms with E-state index in [4.69, 9.17) is 0 Å².